The largest absolute Gasteiger partial charge is 0.455 e. The van der Waals surface area contributed by atoms with Crippen LogP contribution in [0.15, 0.2) is 35.2 Å². The Labute approximate surface area is 198 Å². The Kier molecular flexibility index (Phi) is 7.44. The van der Waals surface area contributed by atoms with E-state index in [0.717, 1.165) is 33.5 Å². The lowest BCUT2D eigenvalue weighted by molar-refractivity contribution is -0.384. The van der Waals surface area contributed by atoms with Gasteiger partial charge in [-0.1, -0.05) is 17.4 Å². The molecule has 0 unspecified atom stereocenters. The Morgan fingerprint density at radius 2 is 1.94 bits per heavy atom. The van der Waals surface area contributed by atoms with E-state index in [4.69, 9.17) is 4.74 Å². The van der Waals surface area contributed by atoms with E-state index in [1.807, 2.05) is 30.7 Å². The van der Waals surface area contributed by atoms with Crippen LogP contribution in [0.25, 0.3) is 10.2 Å². The first-order chi connectivity index (χ1) is 16.0. The molecule has 0 fully saturated rings. The Balaban J connectivity index is 1.55. The van der Waals surface area contributed by atoms with E-state index >= 15 is 0 Å². The van der Waals surface area contributed by atoms with E-state index in [2.05, 4.69) is 15.6 Å². The van der Waals surface area contributed by atoms with Gasteiger partial charge in [-0.25, -0.2) is 13.4 Å². The summed E-state index contributed by atoms with van der Waals surface area (Å²) in [6.07, 6.45) is 0. The summed E-state index contributed by atoms with van der Waals surface area (Å²) in [7, 11) is -2.78. The van der Waals surface area contributed by atoms with Crippen LogP contribution in [0.4, 0.5) is 16.5 Å². The first-order valence-corrected chi connectivity index (χ1v) is 12.1. The summed E-state index contributed by atoms with van der Waals surface area (Å²) in [5, 5.41) is 16.6. The van der Waals surface area contributed by atoms with Crippen molar-refractivity contribution in [2.24, 2.45) is 0 Å². The van der Waals surface area contributed by atoms with E-state index in [-0.39, 0.29) is 5.69 Å². The monoisotopic (exact) mass is 507 g/mol. The minimum atomic E-state index is -4.24. The quantitative estimate of drug-likeness (QED) is 0.223. The van der Waals surface area contributed by atoms with E-state index in [1.165, 1.54) is 24.5 Å². The molecule has 12 nitrogen and oxygen atoms in total. The predicted octanol–water partition coefficient (Wildman–Crippen LogP) is 2.32. The summed E-state index contributed by atoms with van der Waals surface area (Å²) in [4.78, 5) is 38.4. The topological polar surface area (TPSA) is 170 Å². The van der Waals surface area contributed by atoms with Crippen LogP contribution in [0.3, 0.4) is 0 Å². The SMILES string of the molecule is CNc1ccc(S(=O)(=O)NCC(=O)OCC(=O)Nc2nc3c(C)cc(C)cc3s2)cc1[N+](=O)[O-]. The Bertz CT molecular complexity index is 1390. The van der Waals surface area contributed by atoms with Crippen LogP contribution >= 0.6 is 11.3 Å². The number of nitro benzene ring substituents is 1. The second-order valence-corrected chi connectivity index (χ2v) is 9.96. The van der Waals surface area contributed by atoms with Crippen molar-refractivity contribution < 1.29 is 27.7 Å². The zero-order valence-corrected chi connectivity index (χ0v) is 20.0. The number of anilines is 2. The standard InChI is InChI=1S/C20H21N5O7S2/c1-11-6-12(2)19-16(7-11)33-20(24-19)23-17(26)10-32-18(27)9-22-34(30,31)13-4-5-14(21-3)15(8-13)25(28)29/h4-8,21-22H,9-10H2,1-3H3,(H,23,24,26). The van der Waals surface area contributed by atoms with E-state index in [1.54, 1.807) is 0 Å². The fourth-order valence-electron chi connectivity index (χ4n) is 3.05. The van der Waals surface area contributed by atoms with Crippen molar-refractivity contribution in [3.8, 4) is 0 Å². The normalized spacial score (nSPS) is 11.3. The van der Waals surface area contributed by atoms with E-state index in [0.29, 0.717) is 5.13 Å². The molecule has 1 aromatic heterocycles. The molecule has 0 atom stereocenters. The minimum Gasteiger partial charge on any atom is -0.455 e. The average Bonchev–Trinajstić information content (AvgIpc) is 3.18. The number of amides is 1. The lowest BCUT2D eigenvalue weighted by Crippen LogP contribution is -2.32. The van der Waals surface area contributed by atoms with Gasteiger partial charge < -0.3 is 10.1 Å². The number of carbonyl (C=O) groups is 2. The molecule has 0 saturated carbocycles. The van der Waals surface area contributed by atoms with Gasteiger partial charge in [0.1, 0.15) is 12.2 Å². The number of hydrogen-bond acceptors (Lipinski definition) is 10. The van der Waals surface area contributed by atoms with Gasteiger partial charge in [0.15, 0.2) is 11.7 Å². The molecule has 0 aliphatic heterocycles. The lowest BCUT2D eigenvalue weighted by Gasteiger charge is -2.08. The van der Waals surface area contributed by atoms with Crippen LogP contribution in [-0.4, -0.2) is 50.4 Å². The van der Waals surface area contributed by atoms with Crippen LogP contribution in [0.2, 0.25) is 0 Å². The smallest absolute Gasteiger partial charge is 0.321 e. The average molecular weight is 508 g/mol. The number of fused-ring (bicyclic) bond motifs is 1. The van der Waals surface area contributed by atoms with E-state index in [9.17, 15) is 28.1 Å². The van der Waals surface area contributed by atoms with Crippen molar-refractivity contribution in [2.45, 2.75) is 18.7 Å². The molecule has 0 aliphatic rings. The molecule has 0 saturated heterocycles. The predicted molar refractivity (Wildman–Crippen MR) is 127 cm³/mol. The van der Waals surface area contributed by atoms with Gasteiger partial charge in [-0.05, 0) is 43.2 Å². The highest BCUT2D eigenvalue weighted by Crippen LogP contribution is 2.29. The van der Waals surface area contributed by atoms with Crippen molar-refractivity contribution in [1.82, 2.24) is 9.71 Å². The van der Waals surface area contributed by atoms with Crippen molar-refractivity contribution in [2.75, 3.05) is 30.8 Å². The van der Waals surface area contributed by atoms with Crippen LogP contribution in [0, 0.1) is 24.0 Å². The second-order valence-electron chi connectivity index (χ2n) is 7.17. The number of nitrogens with one attached hydrogen (secondary N) is 3. The molecule has 0 bridgehead atoms. The van der Waals surface area contributed by atoms with Gasteiger partial charge in [0, 0.05) is 13.1 Å². The van der Waals surface area contributed by atoms with Gasteiger partial charge in [0.05, 0.1) is 20.0 Å². The highest BCUT2D eigenvalue weighted by molar-refractivity contribution is 7.89. The molecule has 0 radical (unpaired) electrons. The molecule has 0 aliphatic carbocycles. The summed E-state index contributed by atoms with van der Waals surface area (Å²) < 4.78 is 32.5. The first kappa shape index (κ1) is 25.0. The maximum atomic E-state index is 12.4. The first-order valence-electron chi connectivity index (χ1n) is 9.79. The number of thiazole rings is 1. The second kappa shape index (κ2) is 10.1. The third-order valence-electron chi connectivity index (χ3n) is 4.59. The number of aromatic nitrogens is 1. The molecule has 1 heterocycles. The minimum absolute atomic E-state index is 0.132. The number of aryl methyl sites for hydroxylation is 2. The number of carbonyl (C=O) groups excluding carboxylic acids is 2. The van der Waals surface area contributed by atoms with Gasteiger partial charge in [-0.15, -0.1) is 0 Å². The Morgan fingerprint density at radius 3 is 2.62 bits per heavy atom. The van der Waals surface area contributed by atoms with Crippen LogP contribution in [-0.2, 0) is 24.3 Å². The number of ether oxygens (including phenoxy) is 1. The number of sulfonamides is 1. The number of nitrogens with zero attached hydrogens (tertiary/aromatic N) is 2. The maximum Gasteiger partial charge on any atom is 0.321 e. The summed E-state index contributed by atoms with van der Waals surface area (Å²) in [6.45, 7) is 2.46. The van der Waals surface area contributed by atoms with Crippen LogP contribution < -0.4 is 15.4 Å². The fourth-order valence-corrected chi connectivity index (χ4v) is 5.10. The summed E-state index contributed by atoms with van der Waals surface area (Å²) >= 11 is 1.28. The van der Waals surface area contributed by atoms with Crippen LogP contribution in [0.1, 0.15) is 11.1 Å². The molecule has 2 aromatic carbocycles. The van der Waals surface area contributed by atoms with Crippen molar-refractivity contribution in [1.29, 1.82) is 0 Å². The summed E-state index contributed by atoms with van der Waals surface area (Å²) in [5.74, 6) is -1.64. The molecule has 3 aromatic rings. The summed E-state index contributed by atoms with van der Waals surface area (Å²) in [5.41, 5.74) is 2.49. The highest BCUT2D eigenvalue weighted by Gasteiger charge is 2.22. The molecule has 3 N–H and O–H groups in total. The maximum absolute atomic E-state index is 12.4. The number of esters is 1. The molecule has 14 heteroatoms. The third kappa shape index (κ3) is 5.84. The zero-order chi connectivity index (χ0) is 25.0. The highest BCUT2D eigenvalue weighted by atomic mass is 32.2. The fraction of sp³-hybridized carbons (Fsp3) is 0.250. The molecule has 3 rings (SSSR count). The number of nitro groups is 1. The van der Waals surface area contributed by atoms with Gasteiger partial charge in [-0.3, -0.25) is 25.0 Å². The van der Waals surface area contributed by atoms with Crippen molar-refractivity contribution in [3.63, 3.8) is 0 Å². The number of rotatable bonds is 9. The van der Waals surface area contributed by atoms with Gasteiger partial charge in [-0.2, -0.15) is 4.72 Å². The van der Waals surface area contributed by atoms with Crippen molar-refractivity contribution >= 4 is 60.0 Å². The zero-order valence-electron chi connectivity index (χ0n) is 18.4. The Morgan fingerprint density at radius 1 is 1.21 bits per heavy atom. The number of benzene rings is 2. The number of hydrogen-bond donors (Lipinski definition) is 3. The van der Waals surface area contributed by atoms with Gasteiger partial charge in [0.2, 0.25) is 10.0 Å². The Hall–Kier alpha value is -3.62. The van der Waals surface area contributed by atoms with E-state index < -0.39 is 50.6 Å². The molecule has 34 heavy (non-hydrogen) atoms. The van der Waals surface area contributed by atoms with Gasteiger partial charge in [0.25, 0.3) is 11.6 Å². The molecule has 180 valence electrons. The molecular formula is C20H21N5O7S2. The van der Waals surface area contributed by atoms with Crippen molar-refractivity contribution in [3.05, 3.63) is 51.6 Å². The molecule has 0 spiro atoms. The van der Waals surface area contributed by atoms with Gasteiger partial charge >= 0.3 is 5.97 Å². The molecule has 1 amide bonds. The third-order valence-corrected chi connectivity index (χ3v) is 6.91. The van der Waals surface area contributed by atoms with Crippen LogP contribution in [0.5, 0.6) is 0 Å². The molecular weight excluding hydrogens is 486 g/mol. The summed E-state index contributed by atoms with van der Waals surface area (Å²) in [6, 6.07) is 7.18. The lowest BCUT2D eigenvalue weighted by atomic mass is 10.1.